The highest BCUT2D eigenvalue weighted by Crippen LogP contribution is 2.31. The van der Waals surface area contributed by atoms with E-state index in [9.17, 15) is 0 Å². The standard InChI is InChI=1S/C18H27NO2/c1-14-2-4-16(5-3-14)13-19-9-8-15-6-7-17-18(12-15)21-11-10-20-17/h6-7,12,14,16,19H,2-5,8-11,13H2,1H3. The molecule has 3 heteroatoms. The molecule has 0 atom stereocenters. The summed E-state index contributed by atoms with van der Waals surface area (Å²) in [6, 6.07) is 6.31. The molecule has 1 aliphatic heterocycles. The Balaban J connectivity index is 1.39. The SMILES string of the molecule is CC1CCC(CNCCc2ccc3c(c2)OCCO3)CC1. The molecule has 1 fully saturated rings. The minimum atomic E-state index is 0.661. The smallest absolute Gasteiger partial charge is 0.161 e. The zero-order valence-electron chi connectivity index (χ0n) is 13.1. The molecule has 3 rings (SSSR count). The maximum Gasteiger partial charge on any atom is 0.161 e. The lowest BCUT2D eigenvalue weighted by Gasteiger charge is -2.26. The summed E-state index contributed by atoms with van der Waals surface area (Å²) in [6.07, 6.45) is 6.68. The van der Waals surface area contributed by atoms with E-state index in [1.165, 1.54) is 37.8 Å². The number of benzene rings is 1. The van der Waals surface area contributed by atoms with Gasteiger partial charge in [-0.2, -0.15) is 0 Å². The molecule has 1 aromatic rings. The molecule has 21 heavy (non-hydrogen) atoms. The van der Waals surface area contributed by atoms with Crippen molar-refractivity contribution in [3.8, 4) is 11.5 Å². The molecule has 1 aromatic carbocycles. The Morgan fingerprint density at radius 2 is 1.81 bits per heavy atom. The average molecular weight is 289 g/mol. The Morgan fingerprint density at radius 3 is 2.62 bits per heavy atom. The van der Waals surface area contributed by atoms with Crippen LogP contribution in [0, 0.1) is 11.8 Å². The molecule has 0 spiro atoms. The van der Waals surface area contributed by atoms with E-state index in [2.05, 4.69) is 24.4 Å². The van der Waals surface area contributed by atoms with Crippen LogP contribution in [-0.4, -0.2) is 26.3 Å². The Bertz CT molecular complexity index is 453. The van der Waals surface area contributed by atoms with Gasteiger partial charge in [0.05, 0.1) is 0 Å². The summed E-state index contributed by atoms with van der Waals surface area (Å²) in [4.78, 5) is 0. The highest BCUT2D eigenvalue weighted by molar-refractivity contribution is 5.43. The summed E-state index contributed by atoms with van der Waals surface area (Å²) in [5.41, 5.74) is 1.32. The Hall–Kier alpha value is -1.22. The fourth-order valence-electron chi connectivity index (χ4n) is 3.32. The first-order valence-electron chi connectivity index (χ1n) is 8.40. The molecular weight excluding hydrogens is 262 g/mol. The molecular formula is C18H27NO2. The van der Waals surface area contributed by atoms with Gasteiger partial charge < -0.3 is 14.8 Å². The molecule has 0 amide bonds. The van der Waals surface area contributed by atoms with Crippen molar-refractivity contribution in [3.63, 3.8) is 0 Å². The third-order valence-corrected chi connectivity index (χ3v) is 4.77. The Morgan fingerprint density at radius 1 is 1.05 bits per heavy atom. The lowest BCUT2D eigenvalue weighted by molar-refractivity contribution is 0.171. The monoisotopic (exact) mass is 289 g/mol. The fourth-order valence-corrected chi connectivity index (χ4v) is 3.32. The average Bonchev–Trinajstić information content (AvgIpc) is 2.53. The van der Waals surface area contributed by atoms with E-state index in [-0.39, 0.29) is 0 Å². The van der Waals surface area contributed by atoms with Crippen molar-refractivity contribution in [2.45, 2.75) is 39.0 Å². The predicted octanol–water partition coefficient (Wildman–Crippen LogP) is 3.42. The van der Waals surface area contributed by atoms with E-state index in [0.29, 0.717) is 13.2 Å². The number of hydrogen-bond donors (Lipinski definition) is 1. The van der Waals surface area contributed by atoms with Crippen molar-refractivity contribution < 1.29 is 9.47 Å². The Kier molecular flexibility index (Phi) is 5.02. The van der Waals surface area contributed by atoms with Gasteiger partial charge in [0.2, 0.25) is 0 Å². The van der Waals surface area contributed by atoms with Crippen molar-refractivity contribution >= 4 is 0 Å². The van der Waals surface area contributed by atoms with E-state index in [1.54, 1.807) is 0 Å². The van der Waals surface area contributed by atoms with Gasteiger partial charge in [-0.05, 0) is 61.9 Å². The number of fused-ring (bicyclic) bond motifs is 1. The van der Waals surface area contributed by atoms with Crippen LogP contribution in [0.25, 0.3) is 0 Å². The summed E-state index contributed by atoms with van der Waals surface area (Å²) in [5, 5.41) is 3.63. The maximum atomic E-state index is 5.63. The molecule has 0 radical (unpaired) electrons. The topological polar surface area (TPSA) is 30.5 Å². The first-order chi connectivity index (χ1) is 10.3. The zero-order valence-corrected chi connectivity index (χ0v) is 13.1. The molecule has 0 aromatic heterocycles. The quantitative estimate of drug-likeness (QED) is 0.843. The molecule has 0 unspecified atom stereocenters. The van der Waals surface area contributed by atoms with Gasteiger partial charge in [0, 0.05) is 0 Å². The first kappa shape index (κ1) is 14.7. The van der Waals surface area contributed by atoms with Crippen LogP contribution in [-0.2, 0) is 6.42 Å². The zero-order chi connectivity index (χ0) is 14.5. The van der Waals surface area contributed by atoms with E-state index in [1.807, 2.05) is 6.07 Å². The second-order valence-electron chi connectivity index (χ2n) is 6.56. The lowest BCUT2D eigenvalue weighted by atomic mass is 9.83. The van der Waals surface area contributed by atoms with Gasteiger partial charge in [-0.1, -0.05) is 25.8 Å². The van der Waals surface area contributed by atoms with Crippen molar-refractivity contribution in [1.82, 2.24) is 5.32 Å². The number of nitrogens with one attached hydrogen (secondary N) is 1. The van der Waals surface area contributed by atoms with Crippen LogP contribution < -0.4 is 14.8 Å². The summed E-state index contributed by atoms with van der Waals surface area (Å²) < 4.78 is 11.2. The highest BCUT2D eigenvalue weighted by atomic mass is 16.6. The van der Waals surface area contributed by atoms with Crippen molar-refractivity contribution in [3.05, 3.63) is 23.8 Å². The van der Waals surface area contributed by atoms with Crippen LogP contribution in [0.15, 0.2) is 18.2 Å². The van der Waals surface area contributed by atoms with Gasteiger partial charge in [-0.15, -0.1) is 0 Å². The predicted molar refractivity (Wildman–Crippen MR) is 85.1 cm³/mol. The van der Waals surface area contributed by atoms with E-state index < -0.39 is 0 Å². The lowest BCUT2D eigenvalue weighted by Crippen LogP contribution is -2.27. The van der Waals surface area contributed by atoms with E-state index in [0.717, 1.165) is 36.3 Å². The highest BCUT2D eigenvalue weighted by Gasteiger charge is 2.17. The summed E-state index contributed by atoms with van der Waals surface area (Å²) in [5.74, 6) is 3.62. The summed E-state index contributed by atoms with van der Waals surface area (Å²) in [7, 11) is 0. The summed E-state index contributed by atoms with van der Waals surface area (Å²) in [6.45, 7) is 5.93. The molecule has 2 aliphatic rings. The second kappa shape index (κ2) is 7.17. The van der Waals surface area contributed by atoms with Gasteiger partial charge >= 0.3 is 0 Å². The molecule has 1 heterocycles. The third-order valence-electron chi connectivity index (χ3n) is 4.77. The largest absolute Gasteiger partial charge is 0.486 e. The van der Waals surface area contributed by atoms with E-state index in [4.69, 9.17) is 9.47 Å². The van der Waals surface area contributed by atoms with Crippen molar-refractivity contribution in [2.75, 3.05) is 26.3 Å². The van der Waals surface area contributed by atoms with Gasteiger partial charge in [0.15, 0.2) is 11.5 Å². The number of rotatable bonds is 5. The normalized spacial score (nSPS) is 24.8. The molecule has 1 saturated carbocycles. The molecule has 1 aliphatic carbocycles. The van der Waals surface area contributed by atoms with Gasteiger partial charge in [0.1, 0.15) is 13.2 Å². The fraction of sp³-hybridized carbons (Fsp3) is 0.667. The third kappa shape index (κ3) is 4.13. The molecule has 116 valence electrons. The van der Waals surface area contributed by atoms with Crippen LogP contribution >= 0.6 is 0 Å². The van der Waals surface area contributed by atoms with Crippen LogP contribution in [0.5, 0.6) is 11.5 Å². The first-order valence-corrected chi connectivity index (χ1v) is 8.40. The maximum absolute atomic E-state index is 5.63. The van der Waals surface area contributed by atoms with Crippen LogP contribution in [0.3, 0.4) is 0 Å². The minimum absolute atomic E-state index is 0.661. The summed E-state index contributed by atoms with van der Waals surface area (Å²) >= 11 is 0. The van der Waals surface area contributed by atoms with Gasteiger partial charge in [0.25, 0.3) is 0 Å². The van der Waals surface area contributed by atoms with Crippen molar-refractivity contribution in [2.24, 2.45) is 11.8 Å². The molecule has 3 nitrogen and oxygen atoms in total. The van der Waals surface area contributed by atoms with Gasteiger partial charge in [-0.3, -0.25) is 0 Å². The number of hydrogen-bond acceptors (Lipinski definition) is 3. The second-order valence-corrected chi connectivity index (χ2v) is 6.56. The van der Waals surface area contributed by atoms with Crippen LogP contribution in [0.2, 0.25) is 0 Å². The van der Waals surface area contributed by atoms with Crippen LogP contribution in [0.4, 0.5) is 0 Å². The van der Waals surface area contributed by atoms with Gasteiger partial charge in [-0.25, -0.2) is 0 Å². The van der Waals surface area contributed by atoms with Crippen molar-refractivity contribution in [1.29, 1.82) is 0 Å². The molecule has 1 N–H and O–H groups in total. The van der Waals surface area contributed by atoms with Crippen LogP contribution in [0.1, 0.15) is 38.2 Å². The Labute approximate surface area is 128 Å². The van der Waals surface area contributed by atoms with E-state index >= 15 is 0 Å². The minimum Gasteiger partial charge on any atom is -0.486 e. The number of ether oxygens (including phenoxy) is 2. The molecule has 0 saturated heterocycles. The molecule has 0 bridgehead atoms.